The Labute approximate surface area is 160 Å². The highest BCUT2D eigenvalue weighted by Crippen LogP contribution is 2.29. The van der Waals surface area contributed by atoms with Gasteiger partial charge in [0.1, 0.15) is 0 Å². The average molecular weight is 391 g/mol. The zero-order valence-electron chi connectivity index (χ0n) is 16.1. The molecule has 1 aliphatic rings. The predicted octanol–water partition coefficient (Wildman–Crippen LogP) is 3.44. The summed E-state index contributed by atoms with van der Waals surface area (Å²) in [5.74, 6) is 0.322. The van der Waals surface area contributed by atoms with E-state index < -0.39 is 9.84 Å². The van der Waals surface area contributed by atoms with Crippen molar-refractivity contribution in [2.45, 2.75) is 51.3 Å². The maximum Gasteiger partial charge on any atom is 0.223 e. The number of benzene rings is 1. The normalized spacial score (nSPS) is 15.1. The number of nitrogens with zero attached hydrogens (tertiary/aromatic N) is 2. The first-order valence-electron chi connectivity index (χ1n) is 9.34. The van der Waals surface area contributed by atoms with Crippen LogP contribution in [0.4, 0.5) is 0 Å². The number of piperidine rings is 1. The van der Waals surface area contributed by atoms with Gasteiger partial charge < -0.3 is 9.42 Å². The first-order valence-corrected chi connectivity index (χ1v) is 11.0. The van der Waals surface area contributed by atoms with Gasteiger partial charge in [0.25, 0.3) is 0 Å². The van der Waals surface area contributed by atoms with Crippen molar-refractivity contribution >= 4 is 15.7 Å². The predicted molar refractivity (Wildman–Crippen MR) is 103 cm³/mol. The van der Waals surface area contributed by atoms with Crippen LogP contribution in [0, 0.1) is 20.8 Å². The first kappa shape index (κ1) is 19.6. The smallest absolute Gasteiger partial charge is 0.223 e. The van der Waals surface area contributed by atoms with Crippen LogP contribution in [-0.4, -0.2) is 43.2 Å². The van der Waals surface area contributed by atoms with Crippen LogP contribution >= 0.6 is 0 Å². The van der Waals surface area contributed by atoms with Crippen molar-refractivity contribution in [2.75, 3.05) is 18.8 Å². The number of aromatic nitrogens is 1. The minimum Gasteiger partial charge on any atom is -0.356 e. The van der Waals surface area contributed by atoms with E-state index in [2.05, 4.69) is 5.16 Å². The Kier molecular flexibility index (Phi) is 5.69. The second-order valence-corrected chi connectivity index (χ2v) is 9.29. The molecule has 2 heterocycles. The number of likely N-dealkylation sites (tertiary alicyclic amines) is 1. The number of carbonyl (C=O) groups excluding carboxylic acids is 1. The van der Waals surface area contributed by atoms with Gasteiger partial charge in [0.05, 0.1) is 16.3 Å². The lowest BCUT2D eigenvalue weighted by Gasteiger charge is -2.26. The van der Waals surface area contributed by atoms with Crippen molar-refractivity contribution in [2.24, 2.45) is 0 Å². The molecule has 27 heavy (non-hydrogen) atoms. The SMILES string of the molecule is Cc1ccc(-c2onc(C)c2C)cc1S(=O)(=O)CCC(=O)N1CCCCC1. The molecule has 2 aromatic rings. The Balaban J connectivity index is 1.80. The van der Waals surface area contributed by atoms with Crippen molar-refractivity contribution in [3.8, 4) is 11.3 Å². The molecule has 0 N–H and O–H groups in total. The average Bonchev–Trinajstić information content (AvgIpc) is 3.00. The second-order valence-electron chi connectivity index (χ2n) is 7.21. The standard InChI is InChI=1S/C20H26N2O4S/c1-14-7-8-17(20-15(2)16(3)21-26-20)13-18(14)27(24,25)12-9-19(23)22-10-5-4-6-11-22/h7-8,13H,4-6,9-12H2,1-3H3. The zero-order chi connectivity index (χ0) is 19.6. The highest BCUT2D eigenvalue weighted by atomic mass is 32.2. The molecule has 1 amide bonds. The molecule has 1 saturated heterocycles. The molecule has 0 bridgehead atoms. The zero-order valence-corrected chi connectivity index (χ0v) is 16.9. The first-order chi connectivity index (χ1) is 12.8. The Morgan fingerprint density at radius 2 is 1.85 bits per heavy atom. The van der Waals surface area contributed by atoms with Gasteiger partial charge in [0, 0.05) is 30.6 Å². The summed E-state index contributed by atoms with van der Waals surface area (Å²) in [4.78, 5) is 14.4. The third-order valence-corrected chi connectivity index (χ3v) is 7.09. The van der Waals surface area contributed by atoms with Gasteiger partial charge in [-0.25, -0.2) is 8.42 Å². The molecule has 1 aliphatic heterocycles. The van der Waals surface area contributed by atoms with Gasteiger partial charge in [-0.2, -0.15) is 0 Å². The van der Waals surface area contributed by atoms with E-state index in [-0.39, 0.29) is 23.0 Å². The van der Waals surface area contributed by atoms with Crippen molar-refractivity contribution < 1.29 is 17.7 Å². The molecule has 0 spiro atoms. The molecular weight excluding hydrogens is 364 g/mol. The number of hydrogen-bond acceptors (Lipinski definition) is 5. The van der Waals surface area contributed by atoms with Crippen LogP contribution in [0.15, 0.2) is 27.6 Å². The Bertz CT molecular complexity index is 941. The summed E-state index contributed by atoms with van der Waals surface area (Å²) in [5, 5.41) is 3.94. The molecule has 0 saturated carbocycles. The number of rotatable bonds is 5. The van der Waals surface area contributed by atoms with E-state index in [9.17, 15) is 13.2 Å². The Hall–Kier alpha value is -2.15. The molecule has 1 aromatic carbocycles. The van der Waals surface area contributed by atoms with E-state index >= 15 is 0 Å². The lowest BCUT2D eigenvalue weighted by molar-refractivity contribution is -0.131. The number of sulfone groups is 1. The van der Waals surface area contributed by atoms with E-state index in [0.717, 1.165) is 43.6 Å². The minimum absolute atomic E-state index is 0.0203. The molecular formula is C20H26N2O4S. The van der Waals surface area contributed by atoms with E-state index in [4.69, 9.17) is 4.52 Å². The fraction of sp³-hybridized carbons (Fsp3) is 0.500. The Morgan fingerprint density at radius 1 is 1.15 bits per heavy atom. The maximum atomic E-state index is 12.9. The quantitative estimate of drug-likeness (QED) is 0.781. The van der Waals surface area contributed by atoms with Gasteiger partial charge in [0.15, 0.2) is 15.6 Å². The van der Waals surface area contributed by atoms with Crippen LogP contribution in [0.3, 0.4) is 0 Å². The molecule has 146 valence electrons. The third-order valence-electron chi connectivity index (χ3n) is 5.24. The van der Waals surface area contributed by atoms with Gasteiger partial charge in [-0.1, -0.05) is 17.3 Å². The number of amides is 1. The lowest BCUT2D eigenvalue weighted by Crippen LogP contribution is -2.36. The molecule has 6 nitrogen and oxygen atoms in total. The summed E-state index contributed by atoms with van der Waals surface area (Å²) in [6, 6.07) is 5.23. The summed E-state index contributed by atoms with van der Waals surface area (Å²) in [5.41, 5.74) is 3.02. The number of hydrogen-bond donors (Lipinski definition) is 0. The highest BCUT2D eigenvalue weighted by Gasteiger charge is 2.23. The summed E-state index contributed by atoms with van der Waals surface area (Å²) in [6.07, 6.45) is 3.15. The molecule has 1 fully saturated rings. The molecule has 1 aromatic heterocycles. The molecule has 0 unspecified atom stereocenters. The van der Waals surface area contributed by atoms with Crippen LogP contribution in [-0.2, 0) is 14.6 Å². The maximum absolute atomic E-state index is 12.9. The van der Waals surface area contributed by atoms with Gasteiger partial charge in [0.2, 0.25) is 5.91 Å². The summed E-state index contributed by atoms with van der Waals surface area (Å²) >= 11 is 0. The summed E-state index contributed by atoms with van der Waals surface area (Å²) < 4.78 is 31.2. The minimum atomic E-state index is -3.57. The number of carbonyl (C=O) groups is 1. The summed E-state index contributed by atoms with van der Waals surface area (Å²) in [7, 11) is -3.57. The fourth-order valence-corrected chi connectivity index (χ4v) is 4.92. The molecule has 0 atom stereocenters. The van der Waals surface area contributed by atoms with Crippen molar-refractivity contribution in [1.82, 2.24) is 10.1 Å². The second kappa shape index (κ2) is 7.84. The van der Waals surface area contributed by atoms with E-state index in [1.165, 1.54) is 0 Å². The summed E-state index contributed by atoms with van der Waals surface area (Å²) in [6.45, 7) is 6.98. The van der Waals surface area contributed by atoms with Gasteiger partial charge >= 0.3 is 0 Å². The van der Waals surface area contributed by atoms with E-state index in [1.54, 1.807) is 24.0 Å². The molecule has 3 rings (SSSR count). The Morgan fingerprint density at radius 3 is 2.48 bits per heavy atom. The van der Waals surface area contributed by atoms with E-state index in [0.29, 0.717) is 16.9 Å². The van der Waals surface area contributed by atoms with Crippen LogP contribution in [0.1, 0.15) is 42.5 Å². The van der Waals surface area contributed by atoms with Crippen LogP contribution in [0.25, 0.3) is 11.3 Å². The van der Waals surface area contributed by atoms with Crippen LogP contribution < -0.4 is 0 Å². The third kappa shape index (κ3) is 4.24. The van der Waals surface area contributed by atoms with Gasteiger partial charge in [-0.15, -0.1) is 0 Å². The largest absolute Gasteiger partial charge is 0.356 e. The fourth-order valence-electron chi connectivity index (χ4n) is 3.39. The molecule has 0 radical (unpaired) electrons. The monoisotopic (exact) mass is 390 g/mol. The van der Waals surface area contributed by atoms with Gasteiger partial charge in [-0.3, -0.25) is 4.79 Å². The van der Waals surface area contributed by atoms with Crippen molar-refractivity contribution in [3.05, 3.63) is 35.0 Å². The molecule has 0 aliphatic carbocycles. The van der Waals surface area contributed by atoms with Crippen LogP contribution in [0.2, 0.25) is 0 Å². The van der Waals surface area contributed by atoms with Crippen molar-refractivity contribution in [1.29, 1.82) is 0 Å². The molecule has 7 heteroatoms. The van der Waals surface area contributed by atoms with Crippen molar-refractivity contribution in [3.63, 3.8) is 0 Å². The topological polar surface area (TPSA) is 80.5 Å². The van der Waals surface area contributed by atoms with E-state index in [1.807, 2.05) is 19.9 Å². The highest BCUT2D eigenvalue weighted by molar-refractivity contribution is 7.91. The number of aryl methyl sites for hydroxylation is 2. The lowest BCUT2D eigenvalue weighted by atomic mass is 10.1. The van der Waals surface area contributed by atoms with Crippen LogP contribution in [0.5, 0.6) is 0 Å². The van der Waals surface area contributed by atoms with Gasteiger partial charge in [-0.05, 0) is 51.7 Å².